The first-order valence-electron chi connectivity index (χ1n) is 4.15. The van der Waals surface area contributed by atoms with Crippen molar-refractivity contribution in [1.29, 1.82) is 0 Å². The van der Waals surface area contributed by atoms with E-state index < -0.39 is 18.0 Å². The lowest BCUT2D eigenvalue weighted by Crippen LogP contribution is -2.29. The van der Waals surface area contributed by atoms with E-state index in [1.165, 1.54) is 19.1 Å². The summed E-state index contributed by atoms with van der Waals surface area (Å²) in [6.45, 7) is 1.43. The quantitative estimate of drug-likeness (QED) is 0.533. The minimum Gasteiger partial charge on any atom is -0.505 e. The van der Waals surface area contributed by atoms with Crippen molar-refractivity contribution in [2.24, 2.45) is 5.73 Å². The molecule has 0 unspecified atom stereocenters. The number of phenolic OH excluding ortho intramolecular Hbond substituents is 1. The lowest BCUT2D eigenvalue weighted by atomic mass is 9.99. The number of phenols is 1. The Labute approximate surface area is 96.6 Å². The molecule has 0 aliphatic carbocycles. The van der Waals surface area contributed by atoms with E-state index in [-0.39, 0.29) is 29.2 Å². The number of rotatable bonds is 1. The molecule has 92 valence electrons. The van der Waals surface area contributed by atoms with E-state index in [1.807, 2.05) is 0 Å². The van der Waals surface area contributed by atoms with Crippen LogP contribution in [0.1, 0.15) is 17.2 Å². The zero-order chi connectivity index (χ0) is 11.8. The molecule has 0 saturated heterocycles. The van der Waals surface area contributed by atoms with E-state index in [0.717, 1.165) is 0 Å². The molecule has 7 heteroatoms. The molecule has 0 saturated carbocycles. The highest BCUT2D eigenvalue weighted by molar-refractivity contribution is 5.85. The van der Waals surface area contributed by atoms with Crippen LogP contribution in [0.2, 0.25) is 0 Å². The van der Waals surface area contributed by atoms with Gasteiger partial charge in [-0.2, -0.15) is 13.2 Å². The third-order valence-corrected chi connectivity index (χ3v) is 2.13. The van der Waals surface area contributed by atoms with E-state index in [0.29, 0.717) is 0 Å². The molecule has 0 bridgehead atoms. The number of alkyl halides is 3. The largest absolute Gasteiger partial charge is 0.505 e. The first-order chi connectivity index (χ1) is 6.75. The van der Waals surface area contributed by atoms with Crippen LogP contribution in [0.5, 0.6) is 5.75 Å². The fourth-order valence-electron chi connectivity index (χ4n) is 1.28. The Balaban J connectivity index is 0.00000225. The molecule has 0 amide bonds. The zero-order valence-corrected chi connectivity index (χ0v) is 9.19. The third-order valence-electron chi connectivity index (χ3n) is 2.13. The van der Waals surface area contributed by atoms with Gasteiger partial charge in [-0.1, -0.05) is 6.07 Å². The molecular weight excluding hydrogens is 245 g/mol. The van der Waals surface area contributed by atoms with Gasteiger partial charge in [-0.25, -0.2) is 0 Å². The van der Waals surface area contributed by atoms with Crippen LogP contribution in [0.4, 0.5) is 18.9 Å². The second kappa shape index (κ2) is 4.80. The van der Waals surface area contributed by atoms with Crippen molar-refractivity contribution in [3.8, 4) is 5.75 Å². The fourth-order valence-corrected chi connectivity index (χ4v) is 1.28. The van der Waals surface area contributed by atoms with Crippen LogP contribution in [0.25, 0.3) is 0 Å². The van der Waals surface area contributed by atoms with Crippen LogP contribution in [-0.2, 0) is 0 Å². The van der Waals surface area contributed by atoms with Gasteiger partial charge in [-0.05, 0) is 18.6 Å². The van der Waals surface area contributed by atoms with Gasteiger partial charge in [0.05, 0.1) is 5.69 Å². The molecule has 0 aromatic heterocycles. The minimum atomic E-state index is -4.60. The number of halogens is 4. The molecule has 1 atom stereocenters. The number of aromatic hydroxyl groups is 1. The molecule has 0 aliphatic heterocycles. The second-order valence-electron chi connectivity index (χ2n) is 3.25. The predicted octanol–water partition coefficient (Wildman–Crippen LogP) is 2.27. The van der Waals surface area contributed by atoms with Crippen molar-refractivity contribution >= 4 is 18.1 Å². The van der Waals surface area contributed by atoms with Crippen molar-refractivity contribution in [3.63, 3.8) is 0 Å². The molecule has 3 nitrogen and oxygen atoms in total. The molecule has 0 fully saturated rings. The van der Waals surface area contributed by atoms with Gasteiger partial charge in [0, 0.05) is 5.56 Å². The van der Waals surface area contributed by atoms with Gasteiger partial charge >= 0.3 is 6.18 Å². The van der Waals surface area contributed by atoms with Crippen molar-refractivity contribution in [1.82, 2.24) is 0 Å². The Morgan fingerprint density at radius 3 is 2.25 bits per heavy atom. The normalized spacial score (nSPS) is 13.1. The number of aryl methyl sites for hydroxylation is 1. The Morgan fingerprint density at radius 2 is 1.81 bits per heavy atom. The fraction of sp³-hybridized carbons (Fsp3) is 0.333. The minimum absolute atomic E-state index is 0. The standard InChI is InChI=1S/C9H11F3N2O.ClH/c1-4-2-3-5(13)7(15)6(4)8(14)9(10,11)12;/h2-3,8,15H,13-14H2,1H3;1H/t8-;/m1./s1. The van der Waals surface area contributed by atoms with Gasteiger partial charge in [0.25, 0.3) is 0 Å². The Kier molecular flexibility index (Phi) is 4.45. The Morgan fingerprint density at radius 1 is 1.31 bits per heavy atom. The van der Waals surface area contributed by atoms with Gasteiger partial charge in [0.1, 0.15) is 11.8 Å². The highest BCUT2D eigenvalue weighted by atomic mass is 35.5. The van der Waals surface area contributed by atoms with Crippen LogP contribution in [0, 0.1) is 6.92 Å². The molecule has 1 rings (SSSR count). The van der Waals surface area contributed by atoms with E-state index in [2.05, 4.69) is 0 Å². The summed E-state index contributed by atoms with van der Waals surface area (Å²) in [6.07, 6.45) is -4.60. The summed E-state index contributed by atoms with van der Waals surface area (Å²) in [5, 5.41) is 9.41. The molecule has 0 aliphatic rings. The first kappa shape index (κ1) is 14.9. The highest BCUT2D eigenvalue weighted by Gasteiger charge is 2.40. The number of hydrogen-bond acceptors (Lipinski definition) is 3. The Bertz CT molecular complexity index is 382. The van der Waals surface area contributed by atoms with Crippen LogP contribution in [0.15, 0.2) is 12.1 Å². The maximum absolute atomic E-state index is 12.3. The summed E-state index contributed by atoms with van der Waals surface area (Å²) >= 11 is 0. The molecule has 1 aromatic carbocycles. The molecule has 16 heavy (non-hydrogen) atoms. The summed E-state index contributed by atoms with van der Waals surface area (Å²) < 4.78 is 37.0. The average molecular weight is 257 g/mol. The molecule has 5 N–H and O–H groups in total. The third kappa shape index (κ3) is 2.70. The smallest absolute Gasteiger partial charge is 0.407 e. The summed E-state index contributed by atoms with van der Waals surface area (Å²) in [6, 6.07) is 0.494. The number of nitrogen functional groups attached to an aromatic ring is 1. The van der Waals surface area contributed by atoms with Crippen molar-refractivity contribution in [3.05, 3.63) is 23.3 Å². The number of hydrogen-bond donors (Lipinski definition) is 3. The van der Waals surface area contributed by atoms with Crippen molar-refractivity contribution < 1.29 is 18.3 Å². The van der Waals surface area contributed by atoms with Crippen LogP contribution in [0.3, 0.4) is 0 Å². The van der Waals surface area contributed by atoms with E-state index in [1.54, 1.807) is 0 Å². The molecule has 1 aromatic rings. The number of benzene rings is 1. The second-order valence-corrected chi connectivity index (χ2v) is 3.25. The van der Waals surface area contributed by atoms with Gasteiger partial charge < -0.3 is 16.6 Å². The van der Waals surface area contributed by atoms with Crippen LogP contribution in [-0.4, -0.2) is 11.3 Å². The van der Waals surface area contributed by atoms with Crippen LogP contribution >= 0.6 is 12.4 Å². The predicted molar refractivity (Wildman–Crippen MR) is 57.5 cm³/mol. The summed E-state index contributed by atoms with van der Waals surface area (Å²) in [5.74, 6) is -0.597. The average Bonchev–Trinajstić information content (AvgIpc) is 2.10. The maximum Gasteiger partial charge on any atom is 0.407 e. The van der Waals surface area contributed by atoms with Gasteiger partial charge in [0.15, 0.2) is 0 Å². The van der Waals surface area contributed by atoms with Gasteiger partial charge in [-0.3, -0.25) is 0 Å². The lowest BCUT2D eigenvalue weighted by Gasteiger charge is -2.19. The topological polar surface area (TPSA) is 72.3 Å². The number of nitrogens with two attached hydrogens (primary N) is 2. The van der Waals surface area contributed by atoms with E-state index >= 15 is 0 Å². The molecule has 0 heterocycles. The van der Waals surface area contributed by atoms with Gasteiger partial charge in [-0.15, -0.1) is 12.4 Å². The first-order valence-corrected chi connectivity index (χ1v) is 4.15. The van der Waals surface area contributed by atoms with Crippen LogP contribution < -0.4 is 11.5 Å². The molecule has 0 spiro atoms. The lowest BCUT2D eigenvalue weighted by molar-refractivity contribution is -0.149. The Hall–Kier alpha value is -1.14. The summed E-state index contributed by atoms with van der Waals surface area (Å²) in [5.41, 5.74) is 10.1. The van der Waals surface area contributed by atoms with E-state index in [4.69, 9.17) is 11.5 Å². The monoisotopic (exact) mass is 256 g/mol. The highest BCUT2D eigenvalue weighted by Crippen LogP contribution is 2.39. The summed E-state index contributed by atoms with van der Waals surface area (Å²) in [4.78, 5) is 0. The molecular formula is C9H12ClF3N2O. The van der Waals surface area contributed by atoms with Crippen molar-refractivity contribution in [2.75, 3.05) is 5.73 Å². The van der Waals surface area contributed by atoms with Crippen molar-refractivity contribution in [2.45, 2.75) is 19.1 Å². The molecule has 0 radical (unpaired) electrons. The van der Waals surface area contributed by atoms with Gasteiger partial charge in [0.2, 0.25) is 0 Å². The summed E-state index contributed by atoms with van der Waals surface area (Å²) in [7, 11) is 0. The maximum atomic E-state index is 12.3. The zero-order valence-electron chi connectivity index (χ0n) is 8.38. The SMILES string of the molecule is Cc1ccc(N)c(O)c1[C@@H](N)C(F)(F)F.Cl. The number of anilines is 1. The van der Waals surface area contributed by atoms with E-state index in [9.17, 15) is 18.3 Å².